The van der Waals surface area contributed by atoms with E-state index in [1.807, 2.05) is 0 Å². The van der Waals surface area contributed by atoms with E-state index in [0.717, 1.165) is 14.2 Å². The Hall–Kier alpha value is -3.01. The van der Waals surface area contributed by atoms with Crippen LogP contribution in [-0.2, 0) is 39.8 Å². The molecule has 0 bridgehead atoms. The second-order valence-corrected chi connectivity index (χ2v) is 7.28. The van der Waals surface area contributed by atoms with Gasteiger partial charge >= 0.3 is 24.5 Å². The van der Waals surface area contributed by atoms with E-state index in [2.05, 4.69) is 4.98 Å². The van der Waals surface area contributed by atoms with Crippen LogP contribution in [0, 0.1) is 0 Å². The number of hydrogen-bond acceptors (Lipinski definition) is 6. The van der Waals surface area contributed by atoms with Gasteiger partial charge in [0.1, 0.15) is 0 Å². The van der Waals surface area contributed by atoms with Crippen molar-refractivity contribution in [2.45, 2.75) is 31.7 Å². The minimum Gasteiger partial charge on any atom is -0.463 e. The molecule has 1 aromatic heterocycles. The van der Waals surface area contributed by atoms with Crippen LogP contribution in [-0.4, -0.2) is 35.5 Å². The molecule has 0 fully saturated rings. The molecule has 0 N–H and O–H groups in total. The number of benzene rings is 1. The van der Waals surface area contributed by atoms with Crippen LogP contribution in [0.1, 0.15) is 23.7 Å². The summed E-state index contributed by atoms with van der Waals surface area (Å²) in [6.07, 6.45) is -18.5. The van der Waals surface area contributed by atoms with Crippen LogP contribution in [0.4, 0.5) is 51.1 Å². The highest BCUT2D eigenvalue weighted by molar-refractivity contribution is 6.34. The molecule has 2 aromatic rings. The third kappa shape index (κ3) is 6.03. The molecule has 0 radical (unpaired) electrons. The molecule has 1 unspecified atom stereocenters. The molecule has 1 aromatic carbocycles. The Morgan fingerprint density at radius 3 is 2.08 bits per heavy atom. The van der Waals surface area contributed by atoms with Crippen LogP contribution in [0.2, 0.25) is 5.02 Å². The highest BCUT2D eigenvalue weighted by Gasteiger charge is 2.43. The summed E-state index contributed by atoms with van der Waals surface area (Å²) < 4.78 is 131. The van der Waals surface area contributed by atoms with Crippen LogP contribution in [0.3, 0.4) is 0 Å². The van der Waals surface area contributed by atoms with E-state index in [9.17, 15) is 49.1 Å². The molecule has 0 saturated carbocycles. The van der Waals surface area contributed by atoms with E-state index in [0.29, 0.717) is 4.57 Å². The molecule has 200 valence electrons. The topological polar surface area (TPSA) is 73.7 Å². The van der Waals surface area contributed by atoms with Crippen LogP contribution in [0.25, 0.3) is 0 Å². The Labute approximate surface area is 201 Å². The van der Waals surface area contributed by atoms with Crippen molar-refractivity contribution in [2.24, 2.45) is 7.05 Å². The van der Waals surface area contributed by atoms with E-state index in [1.165, 1.54) is 6.92 Å². The van der Waals surface area contributed by atoms with Crippen LogP contribution >= 0.6 is 11.6 Å². The standard InChI is InChI=1S/C19H15ClF9N3O4/c1-4-36-15(34)14(35-3)32(16-30-11(19(27,28)29)7-12(33)31(16)2)10-6-8(17(21,22)23)5-9(13(10)20)18(24,25)26/h5-7,14H,4H2,1-3H3. The highest BCUT2D eigenvalue weighted by Crippen LogP contribution is 2.46. The van der Waals surface area contributed by atoms with E-state index in [-0.39, 0.29) is 29.7 Å². The molecule has 36 heavy (non-hydrogen) atoms. The van der Waals surface area contributed by atoms with Gasteiger partial charge in [-0.15, -0.1) is 0 Å². The first-order valence-electron chi connectivity index (χ1n) is 9.46. The molecule has 2 rings (SSSR count). The average molecular weight is 556 g/mol. The second-order valence-electron chi connectivity index (χ2n) is 6.90. The van der Waals surface area contributed by atoms with E-state index >= 15 is 0 Å². The smallest absolute Gasteiger partial charge is 0.433 e. The van der Waals surface area contributed by atoms with E-state index in [4.69, 9.17) is 21.1 Å². The normalized spacial score (nSPS) is 13.5. The minimum absolute atomic E-state index is 0.0305. The molecular weight excluding hydrogens is 541 g/mol. The third-order valence-corrected chi connectivity index (χ3v) is 4.91. The van der Waals surface area contributed by atoms with Crippen molar-refractivity contribution >= 4 is 29.2 Å². The Morgan fingerprint density at radius 2 is 1.64 bits per heavy atom. The summed E-state index contributed by atoms with van der Waals surface area (Å²) in [5.41, 5.74) is -8.52. The number of carbonyl (C=O) groups excluding carboxylic acids is 1. The summed E-state index contributed by atoms with van der Waals surface area (Å²) in [4.78, 5) is 28.0. The Morgan fingerprint density at radius 1 is 1.06 bits per heavy atom. The Kier molecular flexibility index (Phi) is 8.25. The van der Waals surface area contributed by atoms with Crippen molar-refractivity contribution in [3.63, 3.8) is 0 Å². The molecular formula is C19H15ClF9N3O4. The maximum atomic E-state index is 13.6. The average Bonchev–Trinajstić information content (AvgIpc) is 2.72. The van der Waals surface area contributed by atoms with Gasteiger partial charge in [0, 0.05) is 20.2 Å². The minimum atomic E-state index is -5.47. The summed E-state index contributed by atoms with van der Waals surface area (Å²) in [6.45, 7) is 0.915. The van der Waals surface area contributed by atoms with Gasteiger partial charge < -0.3 is 9.47 Å². The van der Waals surface area contributed by atoms with Crippen molar-refractivity contribution in [2.75, 3.05) is 18.6 Å². The lowest BCUT2D eigenvalue weighted by atomic mass is 10.1. The number of alkyl halides is 9. The number of anilines is 2. The fraction of sp³-hybridized carbons (Fsp3) is 0.421. The second kappa shape index (κ2) is 10.2. The first-order valence-corrected chi connectivity index (χ1v) is 9.84. The van der Waals surface area contributed by atoms with Gasteiger partial charge in [0.25, 0.3) is 5.56 Å². The first kappa shape index (κ1) is 29.2. The van der Waals surface area contributed by atoms with Gasteiger partial charge in [-0.25, -0.2) is 9.78 Å². The summed E-state index contributed by atoms with van der Waals surface area (Å²) in [6, 6.07) is -0.257. The molecule has 0 amide bonds. The number of esters is 1. The van der Waals surface area contributed by atoms with Crippen molar-refractivity contribution < 1.29 is 53.8 Å². The summed E-state index contributed by atoms with van der Waals surface area (Å²) in [7, 11) is 1.56. The molecule has 1 atom stereocenters. The number of methoxy groups -OCH3 is 1. The van der Waals surface area contributed by atoms with Gasteiger partial charge in [-0.3, -0.25) is 14.3 Å². The molecule has 1 heterocycles. The van der Waals surface area contributed by atoms with Crippen LogP contribution in [0.5, 0.6) is 0 Å². The fourth-order valence-electron chi connectivity index (χ4n) is 2.90. The van der Waals surface area contributed by atoms with E-state index < -0.39 is 69.8 Å². The summed E-state index contributed by atoms with van der Waals surface area (Å²) >= 11 is 5.79. The molecule has 0 aliphatic rings. The summed E-state index contributed by atoms with van der Waals surface area (Å²) in [5, 5.41) is -1.45. The van der Waals surface area contributed by atoms with Gasteiger partial charge in [0.05, 0.1) is 28.4 Å². The van der Waals surface area contributed by atoms with Crippen molar-refractivity contribution in [3.05, 3.63) is 50.4 Å². The predicted octanol–water partition coefficient (Wildman–Crippen LogP) is 5.16. The molecule has 0 spiro atoms. The van der Waals surface area contributed by atoms with Gasteiger partial charge in [0.2, 0.25) is 12.2 Å². The quantitative estimate of drug-likeness (QED) is 0.278. The van der Waals surface area contributed by atoms with Gasteiger partial charge in [-0.1, -0.05) is 11.6 Å². The van der Waals surface area contributed by atoms with Crippen LogP contribution < -0.4 is 10.5 Å². The third-order valence-electron chi connectivity index (χ3n) is 4.51. The Balaban J connectivity index is 3.09. The molecule has 0 aliphatic heterocycles. The maximum Gasteiger partial charge on any atom is 0.433 e. The highest BCUT2D eigenvalue weighted by atomic mass is 35.5. The van der Waals surface area contributed by atoms with Gasteiger partial charge in [-0.2, -0.15) is 39.5 Å². The molecule has 17 heteroatoms. The lowest BCUT2D eigenvalue weighted by Crippen LogP contribution is -2.44. The molecule has 0 aliphatic carbocycles. The molecule has 0 saturated heterocycles. The SMILES string of the molecule is CCOC(=O)C(OC)N(c1cc(C(F)(F)F)cc(C(F)(F)F)c1Cl)c1nc(C(F)(F)F)cc(=O)n1C. The Bertz CT molecular complexity index is 1190. The predicted molar refractivity (Wildman–Crippen MR) is 106 cm³/mol. The first-order chi connectivity index (χ1) is 16.3. The largest absolute Gasteiger partial charge is 0.463 e. The van der Waals surface area contributed by atoms with Crippen molar-refractivity contribution in [1.82, 2.24) is 9.55 Å². The lowest BCUT2D eigenvalue weighted by molar-refractivity contribution is -0.154. The number of hydrogen-bond donors (Lipinski definition) is 0. The van der Waals surface area contributed by atoms with Crippen LogP contribution in [0.15, 0.2) is 23.0 Å². The number of aromatic nitrogens is 2. The fourth-order valence-corrected chi connectivity index (χ4v) is 3.21. The maximum absolute atomic E-state index is 13.6. The lowest BCUT2D eigenvalue weighted by Gasteiger charge is -2.32. The number of rotatable bonds is 6. The number of ether oxygens (including phenoxy) is 2. The zero-order valence-corrected chi connectivity index (χ0v) is 19.0. The van der Waals surface area contributed by atoms with Crippen molar-refractivity contribution in [1.29, 1.82) is 0 Å². The van der Waals surface area contributed by atoms with Crippen molar-refractivity contribution in [3.8, 4) is 0 Å². The summed E-state index contributed by atoms with van der Waals surface area (Å²) in [5.74, 6) is -2.67. The molecule has 7 nitrogen and oxygen atoms in total. The number of halogens is 10. The zero-order chi connectivity index (χ0) is 27.8. The van der Waals surface area contributed by atoms with Gasteiger partial charge in [0.15, 0.2) is 5.69 Å². The number of nitrogens with zero attached hydrogens (tertiary/aromatic N) is 3. The van der Waals surface area contributed by atoms with E-state index in [1.54, 1.807) is 0 Å². The van der Waals surface area contributed by atoms with Gasteiger partial charge in [-0.05, 0) is 19.1 Å². The zero-order valence-electron chi connectivity index (χ0n) is 18.3. The monoisotopic (exact) mass is 555 g/mol. The number of carbonyl (C=O) groups is 1.